The molecule has 0 bridgehead atoms. The maximum absolute atomic E-state index is 12.4. The molecule has 0 radical (unpaired) electrons. The molecule has 11 nitrogen and oxygen atoms in total. The molecule has 0 aliphatic carbocycles. The van der Waals surface area contributed by atoms with Crippen LogP contribution in [0, 0.1) is 5.92 Å². The molecular weight excluding hydrogens is 594 g/mol. The molecule has 0 spiro atoms. The second-order valence-corrected chi connectivity index (χ2v) is 12.0. The van der Waals surface area contributed by atoms with E-state index in [1.54, 1.807) is 11.6 Å². The van der Waals surface area contributed by atoms with E-state index >= 15 is 0 Å². The first-order valence-electron chi connectivity index (χ1n) is 14.7. The fourth-order valence-corrected chi connectivity index (χ4v) is 6.23. The standard InChI is InChI=1S/C33H37N5O6S/c1-20-29(19-45-33-35-36-37-38(33)4)43-32(44-30(20)25-11-9-23(18-39)10-12-25)26-15-13-24(14-16-26)28-8-6-5-7-27(28)17-34-31(41)21(2)42-22(3)40/h5-16,20-21,29-30,32,39H,17-19H2,1-4H3,(H,34,41). The highest BCUT2D eigenvalue weighted by molar-refractivity contribution is 7.99. The zero-order chi connectivity index (χ0) is 31.9. The zero-order valence-electron chi connectivity index (χ0n) is 25.6. The summed E-state index contributed by atoms with van der Waals surface area (Å²) in [5.74, 6) is -0.203. The summed E-state index contributed by atoms with van der Waals surface area (Å²) in [5, 5.41) is 24.9. The SMILES string of the molecule is CC(=O)OC(C)C(=O)NCc1ccccc1-c1ccc(C2OC(CSc3nnnn3C)C(C)C(c3ccc(CO)cc3)O2)cc1. The van der Waals surface area contributed by atoms with Crippen LogP contribution in [-0.4, -0.2) is 55.2 Å². The van der Waals surface area contributed by atoms with Crippen molar-refractivity contribution in [2.75, 3.05) is 5.75 Å². The summed E-state index contributed by atoms with van der Waals surface area (Å²) in [5.41, 5.74) is 5.59. The number of tetrazole rings is 1. The molecule has 1 aromatic heterocycles. The van der Waals surface area contributed by atoms with E-state index in [-0.39, 0.29) is 37.2 Å². The highest BCUT2D eigenvalue weighted by Gasteiger charge is 2.38. The number of nitrogens with zero attached hydrogens (tertiary/aromatic N) is 4. The van der Waals surface area contributed by atoms with Gasteiger partial charge in [-0.05, 0) is 45.2 Å². The van der Waals surface area contributed by atoms with E-state index in [0.717, 1.165) is 33.4 Å². The van der Waals surface area contributed by atoms with Gasteiger partial charge in [-0.25, -0.2) is 4.68 Å². The number of hydrogen-bond acceptors (Lipinski definition) is 10. The second kappa shape index (κ2) is 14.8. The Labute approximate surface area is 266 Å². The third-order valence-corrected chi connectivity index (χ3v) is 8.86. The van der Waals surface area contributed by atoms with Crippen LogP contribution >= 0.6 is 11.8 Å². The van der Waals surface area contributed by atoms with Crippen LogP contribution in [0.25, 0.3) is 11.1 Å². The lowest BCUT2D eigenvalue weighted by Crippen LogP contribution is -2.38. The summed E-state index contributed by atoms with van der Waals surface area (Å²) >= 11 is 1.54. The van der Waals surface area contributed by atoms with Gasteiger partial charge in [0.15, 0.2) is 12.4 Å². The molecule has 0 saturated carbocycles. The van der Waals surface area contributed by atoms with Crippen molar-refractivity contribution < 1.29 is 28.9 Å². The topological polar surface area (TPSA) is 138 Å². The molecule has 236 valence electrons. The van der Waals surface area contributed by atoms with Gasteiger partial charge in [-0.15, -0.1) is 5.10 Å². The van der Waals surface area contributed by atoms with E-state index in [2.05, 4.69) is 27.8 Å². The molecule has 5 unspecified atom stereocenters. The van der Waals surface area contributed by atoms with Crippen LogP contribution in [0.1, 0.15) is 55.4 Å². The zero-order valence-corrected chi connectivity index (χ0v) is 26.4. The Morgan fingerprint density at radius 1 is 1.04 bits per heavy atom. The highest BCUT2D eigenvalue weighted by atomic mass is 32.2. The van der Waals surface area contributed by atoms with Crippen molar-refractivity contribution >= 4 is 23.6 Å². The van der Waals surface area contributed by atoms with E-state index in [1.165, 1.54) is 18.7 Å². The van der Waals surface area contributed by atoms with Crippen LogP contribution in [0.2, 0.25) is 0 Å². The van der Waals surface area contributed by atoms with Crippen molar-refractivity contribution in [3.05, 3.63) is 95.1 Å². The summed E-state index contributed by atoms with van der Waals surface area (Å²) in [7, 11) is 1.81. The molecular formula is C33H37N5O6S. The van der Waals surface area contributed by atoms with E-state index in [1.807, 2.05) is 79.8 Å². The molecule has 45 heavy (non-hydrogen) atoms. The van der Waals surface area contributed by atoms with Crippen LogP contribution in [0.15, 0.2) is 78.0 Å². The number of nitrogens with one attached hydrogen (secondary N) is 1. The average Bonchev–Trinajstić information content (AvgIpc) is 3.47. The van der Waals surface area contributed by atoms with Gasteiger partial charge in [0.25, 0.3) is 5.91 Å². The monoisotopic (exact) mass is 631 g/mol. The van der Waals surface area contributed by atoms with Crippen LogP contribution in [0.4, 0.5) is 0 Å². The first kappa shape index (κ1) is 32.3. The molecule has 1 amide bonds. The number of aromatic nitrogens is 4. The molecule has 5 atom stereocenters. The number of amides is 1. The Bertz CT molecular complexity index is 1600. The van der Waals surface area contributed by atoms with Gasteiger partial charge < -0.3 is 24.6 Å². The van der Waals surface area contributed by atoms with E-state index < -0.39 is 18.4 Å². The van der Waals surface area contributed by atoms with E-state index in [4.69, 9.17) is 14.2 Å². The number of aliphatic hydroxyl groups excluding tert-OH is 1. The van der Waals surface area contributed by atoms with E-state index in [9.17, 15) is 14.7 Å². The van der Waals surface area contributed by atoms with Crippen molar-refractivity contribution in [3.63, 3.8) is 0 Å². The van der Waals surface area contributed by atoms with Gasteiger partial charge in [0.1, 0.15) is 0 Å². The Balaban J connectivity index is 1.34. The third kappa shape index (κ3) is 7.95. The predicted octanol–water partition coefficient (Wildman–Crippen LogP) is 4.52. The quantitative estimate of drug-likeness (QED) is 0.180. The Kier molecular flexibility index (Phi) is 10.6. The summed E-state index contributed by atoms with van der Waals surface area (Å²) in [6.45, 7) is 5.20. The summed E-state index contributed by atoms with van der Waals surface area (Å²) < 4.78 is 19.8. The van der Waals surface area contributed by atoms with Gasteiger partial charge in [-0.1, -0.05) is 91.5 Å². The van der Waals surface area contributed by atoms with Gasteiger partial charge in [0.05, 0.1) is 18.8 Å². The number of thioether (sulfide) groups is 1. The molecule has 2 N–H and O–H groups in total. The lowest BCUT2D eigenvalue weighted by molar-refractivity contribution is -0.268. The number of aryl methyl sites for hydroxylation is 1. The van der Waals surface area contributed by atoms with Crippen molar-refractivity contribution in [1.82, 2.24) is 25.5 Å². The lowest BCUT2D eigenvalue weighted by Gasteiger charge is -2.41. The van der Waals surface area contributed by atoms with Crippen LogP contribution in [-0.2, 0) is 44.0 Å². The van der Waals surface area contributed by atoms with Crippen molar-refractivity contribution in [3.8, 4) is 11.1 Å². The van der Waals surface area contributed by atoms with Crippen molar-refractivity contribution in [2.45, 2.75) is 63.7 Å². The average molecular weight is 632 g/mol. The van der Waals surface area contributed by atoms with Gasteiger partial charge >= 0.3 is 5.97 Å². The molecule has 12 heteroatoms. The molecule has 1 aliphatic heterocycles. The number of benzene rings is 3. The minimum atomic E-state index is -0.872. The lowest BCUT2D eigenvalue weighted by atomic mass is 9.91. The molecule has 5 rings (SSSR count). The van der Waals surface area contributed by atoms with Crippen LogP contribution < -0.4 is 5.32 Å². The van der Waals surface area contributed by atoms with Gasteiger partial charge in [0, 0.05) is 37.8 Å². The summed E-state index contributed by atoms with van der Waals surface area (Å²) in [6, 6.07) is 23.7. The number of rotatable bonds is 11. The molecule has 1 aliphatic rings. The highest BCUT2D eigenvalue weighted by Crippen LogP contribution is 2.43. The van der Waals surface area contributed by atoms with Crippen molar-refractivity contribution in [2.24, 2.45) is 13.0 Å². The molecule has 1 fully saturated rings. The Hall–Kier alpha value is -4.10. The Morgan fingerprint density at radius 3 is 2.42 bits per heavy atom. The molecule has 3 aromatic carbocycles. The van der Waals surface area contributed by atoms with Gasteiger partial charge in [0.2, 0.25) is 5.16 Å². The predicted molar refractivity (Wildman–Crippen MR) is 167 cm³/mol. The fraction of sp³-hybridized carbons (Fsp3) is 0.364. The number of carbonyl (C=O) groups is 2. The molecule has 4 aromatic rings. The number of carbonyl (C=O) groups excluding carboxylic acids is 2. The third-order valence-electron chi connectivity index (χ3n) is 7.76. The Morgan fingerprint density at radius 2 is 1.76 bits per heavy atom. The summed E-state index contributed by atoms with van der Waals surface area (Å²) in [6.07, 6.45) is -1.88. The second-order valence-electron chi connectivity index (χ2n) is 11.0. The first-order chi connectivity index (χ1) is 21.7. The maximum atomic E-state index is 12.4. The fourth-order valence-electron chi connectivity index (χ4n) is 5.21. The number of ether oxygens (including phenoxy) is 3. The minimum absolute atomic E-state index is 0.0205. The largest absolute Gasteiger partial charge is 0.453 e. The number of esters is 1. The minimum Gasteiger partial charge on any atom is -0.453 e. The number of aliphatic hydroxyl groups is 1. The van der Waals surface area contributed by atoms with Gasteiger partial charge in [-0.2, -0.15) is 0 Å². The van der Waals surface area contributed by atoms with E-state index in [0.29, 0.717) is 10.9 Å². The molecule has 2 heterocycles. The molecule has 1 saturated heterocycles. The normalized spacial score (nSPS) is 20.4. The van der Waals surface area contributed by atoms with Crippen LogP contribution in [0.5, 0.6) is 0 Å². The first-order valence-corrected chi connectivity index (χ1v) is 15.7. The van der Waals surface area contributed by atoms with Gasteiger partial charge in [-0.3, -0.25) is 9.59 Å². The smallest absolute Gasteiger partial charge is 0.303 e. The maximum Gasteiger partial charge on any atom is 0.303 e. The van der Waals surface area contributed by atoms with Crippen LogP contribution in [0.3, 0.4) is 0 Å². The van der Waals surface area contributed by atoms with Crippen molar-refractivity contribution in [1.29, 1.82) is 0 Å². The number of hydrogen-bond donors (Lipinski definition) is 2. The summed E-state index contributed by atoms with van der Waals surface area (Å²) in [4.78, 5) is 23.6.